The molecule has 162 valence electrons. The Balaban J connectivity index is 1.55. The zero-order valence-electron chi connectivity index (χ0n) is 17.1. The molecule has 2 amide bonds. The van der Waals surface area contributed by atoms with Crippen LogP contribution in [0.4, 0.5) is 5.69 Å². The maximum absolute atomic E-state index is 13.2. The number of carbonyl (C=O) groups is 2. The third-order valence-electron chi connectivity index (χ3n) is 5.16. The minimum Gasteiger partial charge on any atom is -0.496 e. The summed E-state index contributed by atoms with van der Waals surface area (Å²) in [5.74, 6) is 0.730. The Hall–Kier alpha value is -2.84. The van der Waals surface area contributed by atoms with E-state index >= 15 is 0 Å². The van der Waals surface area contributed by atoms with Crippen molar-refractivity contribution >= 4 is 39.5 Å². The molecule has 0 spiro atoms. The first-order chi connectivity index (χ1) is 15.0. The second-order valence-corrected chi connectivity index (χ2v) is 8.16. The summed E-state index contributed by atoms with van der Waals surface area (Å²) in [6.07, 6.45) is 3.63. The summed E-state index contributed by atoms with van der Waals surface area (Å²) >= 11 is 3.45. The van der Waals surface area contributed by atoms with E-state index in [9.17, 15) is 9.59 Å². The SMILES string of the molecule is COc1ccc(/C=C2\Oc3ccccc3N(CC(=O)NC[C@@H]3CCCO3)C2=O)cc1Br. The molecular formula is C23H23BrN2O5. The average molecular weight is 487 g/mol. The standard InChI is InChI=1S/C23H23BrN2O5/c1-29-19-9-8-15(11-17(19)24)12-21-23(28)26(18-6-2-3-7-20(18)31-21)14-22(27)25-13-16-5-4-10-30-16/h2-3,6-9,11-12,16H,4-5,10,13-14H2,1H3,(H,25,27)/b21-12-/t16-/m0/s1. The van der Waals surface area contributed by atoms with Gasteiger partial charge < -0.3 is 19.5 Å². The zero-order valence-corrected chi connectivity index (χ0v) is 18.7. The molecule has 8 heteroatoms. The lowest BCUT2D eigenvalue weighted by Crippen LogP contribution is -2.45. The van der Waals surface area contributed by atoms with Crippen LogP contribution >= 0.6 is 15.9 Å². The van der Waals surface area contributed by atoms with Crippen LogP contribution in [0.15, 0.2) is 52.7 Å². The summed E-state index contributed by atoms with van der Waals surface area (Å²) in [6.45, 7) is 1.07. The Kier molecular flexibility index (Phi) is 6.58. The van der Waals surface area contributed by atoms with Crippen molar-refractivity contribution in [3.8, 4) is 11.5 Å². The van der Waals surface area contributed by atoms with Crippen molar-refractivity contribution in [1.82, 2.24) is 5.32 Å². The van der Waals surface area contributed by atoms with Gasteiger partial charge in [-0.1, -0.05) is 18.2 Å². The third-order valence-corrected chi connectivity index (χ3v) is 5.78. The molecule has 2 aliphatic rings. The molecule has 0 aromatic heterocycles. The highest BCUT2D eigenvalue weighted by molar-refractivity contribution is 9.10. The van der Waals surface area contributed by atoms with E-state index in [0.29, 0.717) is 23.7 Å². The Morgan fingerprint density at radius 3 is 2.90 bits per heavy atom. The van der Waals surface area contributed by atoms with Gasteiger partial charge in [-0.15, -0.1) is 0 Å². The predicted octanol–water partition coefficient (Wildman–Crippen LogP) is 3.52. The van der Waals surface area contributed by atoms with E-state index in [4.69, 9.17) is 14.2 Å². The number of nitrogens with one attached hydrogen (secondary N) is 1. The maximum atomic E-state index is 13.2. The molecule has 2 aromatic rings. The van der Waals surface area contributed by atoms with Gasteiger partial charge >= 0.3 is 0 Å². The first kappa shape index (κ1) is 21.4. The number of benzene rings is 2. The van der Waals surface area contributed by atoms with Gasteiger partial charge in [0, 0.05) is 13.2 Å². The van der Waals surface area contributed by atoms with Crippen molar-refractivity contribution in [2.24, 2.45) is 0 Å². The highest BCUT2D eigenvalue weighted by atomic mass is 79.9. The fourth-order valence-corrected chi connectivity index (χ4v) is 4.13. The number of hydrogen-bond donors (Lipinski definition) is 1. The largest absolute Gasteiger partial charge is 0.496 e. The van der Waals surface area contributed by atoms with Gasteiger partial charge in [-0.3, -0.25) is 14.5 Å². The van der Waals surface area contributed by atoms with Gasteiger partial charge in [0.05, 0.1) is 23.4 Å². The highest BCUT2D eigenvalue weighted by Crippen LogP contribution is 2.36. The molecule has 31 heavy (non-hydrogen) atoms. The van der Waals surface area contributed by atoms with E-state index in [0.717, 1.165) is 29.5 Å². The predicted molar refractivity (Wildman–Crippen MR) is 120 cm³/mol. The summed E-state index contributed by atoms with van der Waals surface area (Å²) in [5.41, 5.74) is 1.33. The first-order valence-corrected chi connectivity index (χ1v) is 10.9. The van der Waals surface area contributed by atoms with Crippen molar-refractivity contribution in [3.05, 3.63) is 58.3 Å². The van der Waals surface area contributed by atoms with E-state index < -0.39 is 0 Å². The third kappa shape index (κ3) is 4.91. The average Bonchev–Trinajstić information content (AvgIpc) is 3.29. The van der Waals surface area contributed by atoms with E-state index in [1.54, 1.807) is 31.4 Å². The summed E-state index contributed by atoms with van der Waals surface area (Å²) in [4.78, 5) is 27.2. The van der Waals surface area contributed by atoms with Crippen LogP contribution in [-0.2, 0) is 14.3 Å². The zero-order chi connectivity index (χ0) is 21.8. The van der Waals surface area contributed by atoms with Gasteiger partial charge in [0.25, 0.3) is 5.91 Å². The van der Waals surface area contributed by atoms with E-state index in [2.05, 4.69) is 21.2 Å². The van der Waals surface area contributed by atoms with Crippen molar-refractivity contribution in [3.63, 3.8) is 0 Å². The van der Waals surface area contributed by atoms with Crippen LogP contribution in [0, 0.1) is 0 Å². The van der Waals surface area contributed by atoms with Crippen LogP contribution in [0.25, 0.3) is 6.08 Å². The van der Waals surface area contributed by atoms with Crippen molar-refractivity contribution < 1.29 is 23.8 Å². The Labute approximate surface area is 189 Å². The number of rotatable bonds is 6. The summed E-state index contributed by atoms with van der Waals surface area (Å²) in [5, 5.41) is 2.87. The lowest BCUT2D eigenvalue weighted by Gasteiger charge is -2.30. The van der Waals surface area contributed by atoms with E-state index in [1.807, 2.05) is 24.3 Å². The monoisotopic (exact) mass is 486 g/mol. The molecular weight excluding hydrogens is 464 g/mol. The fraction of sp³-hybridized carbons (Fsp3) is 0.304. The normalized spacial score (nSPS) is 19.2. The maximum Gasteiger partial charge on any atom is 0.294 e. The molecule has 0 radical (unpaired) electrons. The van der Waals surface area contributed by atoms with E-state index in [-0.39, 0.29) is 30.2 Å². The van der Waals surface area contributed by atoms with Gasteiger partial charge in [-0.2, -0.15) is 0 Å². The summed E-state index contributed by atoms with van der Waals surface area (Å²) < 4.78 is 17.4. The van der Waals surface area contributed by atoms with Crippen LogP contribution < -0.4 is 19.7 Å². The molecule has 2 heterocycles. The van der Waals surface area contributed by atoms with Gasteiger partial charge in [0.1, 0.15) is 12.3 Å². The lowest BCUT2D eigenvalue weighted by molar-refractivity contribution is -0.123. The molecule has 1 saturated heterocycles. The van der Waals surface area contributed by atoms with Crippen LogP contribution in [0.2, 0.25) is 0 Å². The molecule has 0 aliphatic carbocycles. The number of amides is 2. The Morgan fingerprint density at radius 2 is 2.16 bits per heavy atom. The van der Waals surface area contributed by atoms with Crippen molar-refractivity contribution in [2.45, 2.75) is 18.9 Å². The number of methoxy groups -OCH3 is 1. The molecule has 7 nitrogen and oxygen atoms in total. The number of fused-ring (bicyclic) bond motifs is 1. The number of anilines is 1. The lowest BCUT2D eigenvalue weighted by atomic mass is 10.1. The fourth-order valence-electron chi connectivity index (χ4n) is 3.58. The smallest absolute Gasteiger partial charge is 0.294 e. The van der Waals surface area contributed by atoms with Crippen molar-refractivity contribution in [1.29, 1.82) is 0 Å². The Morgan fingerprint density at radius 1 is 1.32 bits per heavy atom. The number of hydrogen-bond acceptors (Lipinski definition) is 5. The van der Waals surface area contributed by atoms with Crippen molar-refractivity contribution in [2.75, 3.05) is 31.7 Å². The topological polar surface area (TPSA) is 77.1 Å². The highest BCUT2D eigenvalue weighted by Gasteiger charge is 2.31. The minimum absolute atomic E-state index is 0.0422. The molecule has 0 saturated carbocycles. The van der Waals surface area contributed by atoms with Gasteiger partial charge in [0.2, 0.25) is 5.91 Å². The van der Waals surface area contributed by atoms with Gasteiger partial charge in [-0.05, 0) is 64.7 Å². The number of halogens is 1. The number of nitrogens with zero attached hydrogens (tertiary/aromatic N) is 1. The number of ether oxygens (including phenoxy) is 3. The summed E-state index contributed by atoms with van der Waals surface area (Å²) in [7, 11) is 1.59. The second-order valence-electron chi connectivity index (χ2n) is 7.30. The minimum atomic E-state index is -0.377. The van der Waals surface area contributed by atoms with Gasteiger partial charge in [0.15, 0.2) is 11.5 Å². The molecule has 1 fully saturated rings. The van der Waals surface area contributed by atoms with Crippen LogP contribution in [0.3, 0.4) is 0 Å². The molecule has 1 N–H and O–H groups in total. The molecule has 2 aromatic carbocycles. The van der Waals surface area contributed by atoms with Crippen LogP contribution in [0.1, 0.15) is 18.4 Å². The molecule has 0 unspecified atom stereocenters. The van der Waals surface area contributed by atoms with Gasteiger partial charge in [-0.25, -0.2) is 0 Å². The first-order valence-electron chi connectivity index (χ1n) is 10.1. The van der Waals surface area contributed by atoms with E-state index in [1.165, 1.54) is 4.90 Å². The number of carbonyl (C=O) groups excluding carboxylic acids is 2. The number of para-hydroxylation sites is 2. The Bertz CT molecular complexity index is 1020. The summed E-state index contributed by atoms with van der Waals surface area (Å²) in [6, 6.07) is 12.6. The molecule has 0 bridgehead atoms. The molecule has 4 rings (SSSR count). The molecule has 2 aliphatic heterocycles. The van der Waals surface area contributed by atoms with Crippen LogP contribution in [0.5, 0.6) is 11.5 Å². The van der Waals surface area contributed by atoms with Crippen LogP contribution in [-0.4, -0.2) is 44.7 Å². The molecule has 1 atom stereocenters. The second kappa shape index (κ2) is 9.53. The quantitative estimate of drug-likeness (QED) is 0.632.